The van der Waals surface area contributed by atoms with Gasteiger partial charge in [-0.1, -0.05) is 55.1 Å². The van der Waals surface area contributed by atoms with Gasteiger partial charge in [0, 0.05) is 24.5 Å². The number of hydrogen-bond donors (Lipinski definition) is 1. The van der Waals surface area contributed by atoms with E-state index < -0.39 is 0 Å². The van der Waals surface area contributed by atoms with Gasteiger partial charge in [0.15, 0.2) is 5.13 Å². The lowest BCUT2D eigenvalue weighted by Crippen LogP contribution is -2.24. The SMILES string of the molecule is CC(=O)N(c1nc(CSc2n[nH]c(CCC3CCCC3)n2)cs1)c1c(C)cc(C)cc1C. The number of aromatic nitrogens is 4. The molecule has 1 aliphatic carbocycles. The summed E-state index contributed by atoms with van der Waals surface area (Å²) in [6, 6.07) is 4.21. The van der Waals surface area contributed by atoms with Crippen LogP contribution in [0.25, 0.3) is 0 Å². The minimum atomic E-state index is -0.0329. The molecule has 1 amide bonds. The van der Waals surface area contributed by atoms with Crippen molar-refractivity contribution in [3.8, 4) is 0 Å². The average Bonchev–Trinajstić information content (AvgIpc) is 3.49. The van der Waals surface area contributed by atoms with Crippen molar-refractivity contribution >= 4 is 39.8 Å². The van der Waals surface area contributed by atoms with E-state index in [0.717, 1.165) is 45.8 Å². The topological polar surface area (TPSA) is 74.8 Å². The molecule has 1 saturated carbocycles. The first-order valence-corrected chi connectivity index (χ1v) is 13.1. The van der Waals surface area contributed by atoms with Gasteiger partial charge in [-0.05, 0) is 44.2 Å². The molecule has 0 unspecified atom stereocenters. The normalized spacial score (nSPS) is 14.2. The number of thioether (sulfide) groups is 1. The fourth-order valence-electron chi connectivity index (χ4n) is 4.61. The van der Waals surface area contributed by atoms with Crippen molar-refractivity contribution in [3.05, 3.63) is 45.7 Å². The third-order valence-electron chi connectivity index (χ3n) is 6.03. The van der Waals surface area contributed by atoms with Gasteiger partial charge < -0.3 is 0 Å². The second kappa shape index (κ2) is 10.2. The summed E-state index contributed by atoms with van der Waals surface area (Å²) >= 11 is 3.07. The van der Waals surface area contributed by atoms with Crippen molar-refractivity contribution in [2.45, 2.75) is 77.1 Å². The molecular weight excluding hydrogens is 438 g/mol. The molecule has 170 valence electrons. The number of hydrogen-bond acceptors (Lipinski definition) is 6. The van der Waals surface area contributed by atoms with E-state index in [1.54, 1.807) is 23.6 Å². The molecule has 0 aliphatic heterocycles. The number of rotatable bonds is 8. The van der Waals surface area contributed by atoms with Gasteiger partial charge in [0.2, 0.25) is 11.1 Å². The van der Waals surface area contributed by atoms with Gasteiger partial charge in [0.1, 0.15) is 5.82 Å². The number of H-pyrrole nitrogens is 1. The van der Waals surface area contributed by atoms with Gasteiger partial charge in [-0.3, -0.25) is 14.8 Å². The van der Waals surface area contributed by atoms with E-state index in [9.17, 15) is 4.79 Å². The molecule has 1 aromatic carbocycles. The van der Waals surface area contributed by atoms with Crippen LogP contribution in [0.1, 0.15) is 67.2 Å². The van der Waals surface area contributed by atoms with Crippen molar-refractivity contribution < 1.29 is 4.79 Å². The summed E-state index contributed by atoms with van der Waals surface area (Å²) in [4.78, 5) is 23.7. The Labute approximate surface area is 198 Å². The van der Waals surface area contributed by atoms with Gasteiger partial charge in [-0.2, -0.15) is 0 Å². The molecule has 0 atom stereocenters. The number of aromatic amines is 1. The zero-order valence-corrected chi connectivity index (χ0v) is 20.9. The molecule has 3 aromatic rings. The molecule has 0 saturated heterocycles. The highest BCUT2D eigenvalue weighted by Gasteiger charge is 2.22. The molecule has 0 bridgehead atoms. The standard InChI is InChI=1S/C24H31N5OS2/c1-15-11-16(2)22(17(3)12-15)29(18(4)30)24-25-20(14-32-24)13-31-23-26-21(27-28-23)10-9-19-7-5-6-8-19/h11-12,14,19H,5-10,13H2,1-4H3,(H,26,27,28). The van der Waals surface area contributed by atoms with E-state index in [0.29, 0.717) is 10.9 Å². The maximum atomic E-state index is 12.5. The first-order valence-electron chi connectivity index (χ1n) is 11.3. The highest BCUT2D eigenvalue weighted by atomic mass is 32.2. The first kappa shape index (κ1) is 23.0. The van der Waals surface area contributed by atoms with Crippen molar-refractivity contribution in [1.29, 1.82) is 0 Å². The Morgan fingerprint density at radius 1 is 1.19 bits per heavy atom. The molecule has 8 heteroatoms. The minimum absolute atomic E-state index is 0.0329. The average molecular weight is 470 g/mol. The third-order valence-corrected chi connectivity index (χ3v) is 7.78. The van der Waals surface area contributed by atoms with E-state index in [-0.39, 0.29) is 5.91 Å². The van der Waals surface area contributed by atoms with Crippen LogP contribution in [0.3, 0.4) is 0 Å². The number of aryl methyl sites for hydroxylation is 4. The van der Waals surface area contributed by atoms with Crippen molar-refractivity contribution in [2.24, 2.45) is 5.92 Å². The highest BCUT2D eigenvalue weighted by molar-refractivity contribution is 7.98. The number of benzene rings is 1. The predicted molar refractivity (Wildman–Crippen MR) is 132 cm³/mol. The fraction of sp³-hybridized carbons (Fsp3) is 0.500. The molecular formula is C24H31N5OS2. The molecule has 0 radical (unpaired) electrons. The van der Waals surface area contributed by atoms with Gasteiger partial charge in [-0.15, -0.1) is 16.4 Å². The number of thiazole rings is 1. The van der Waals surface area contributed by atoms with Crippen molar-refractivity contribution in [2.75, 3.05) is 4.90 Å². The lowest BCUT2D eigenvalue weighted by molar-refractivity contribution is -0.115. The summed E-state index contributed by atoms with van der Waals surface area (Å²) in [5.74, 6) is 2.48. The number of carbonyl (C=O) groups is 1. The second-order valence-corrected chi connectivity index (χ2v) is 10.5. The van der Waals surface area contributed by atoms with E-state index in [4.69, 9.17) is 4.98 Å². The summed E-state index contributed by atoms with van der Waals surface area (Å²) in [7, 11) is 0. The largest absolute Gasteiger partial charge is 0.274 e. The monoisotopic (exact) mass is 469 g/mol. The van der Waals surface area contributed by atoms with Crippen LogP contribution >= 0.6 is 23.1 Å². The smallest absolute Gasteiger partial charge is 0.230 e. The Morgan fingerprint density at radius 3 is 2.59 bits per heavy atom. The molecule has 0 spiro atoms. The summed E-state index contributed by atoms with van der Waals surface area (Å²) in [6.07, 6.45) is 7.65. The van der Waals surface area contributed by atoms with Crippen LogP contribution in [0.4, 0.5) is 10.8 Å². The van der Waals surface area contributed by atoms with Gasteiger partial charge in [0.05, 0.1) is 11.4 Å². The summed E-state index contributed by atoms with van der Waals surface area (Å²) in [6.45, 7) is 7.76. The lowest BCUT2D eigenvalue weighted by Gasteiger charge is -2.23. The van der Waals surface area contributed by atoms with Crippen molar-refractivity contribution in [3.63, 3.8) is 0 Å². The van der Waals surface area contributed by atoms with E-state index in [2.05, 4.69) is 34.2 Å². The third kappa shape index (κ3) is 5.41. The highest BCUT2D eigenvalue weighted by Crippen LogP contribution is 2.35. The molecule has 2 heterocycles. The fourth-order valence-corrected chi connectivity index (χ4v) is 6.30. The van der Waals surface area contributed by atoms with E-state index >= 15 is 0 Å². The number of amides is 1. The lowest BCUT2D eigenvalue weighted by atomic mass is 10.0. The van der Waals surface area contributed by atoms with Crippen LogP contribution in [0, 0.1) is 26.7 Å². The summed E-state index contributed by atoms with van der Waals surface area (Å²) in [5.41, 5.74) is 5.21. The Bertz CT molecular complexity index is 1060. The van der Waals surface area contributed by atoms with Crippen molar-refractivity contribution in [1.82, 2.24) is 20.2 Å². The molecule has 1 N–H and O–H groups in total. The van der Waals surface area contributed by atoms with Gasteiger partial charge >= 0.3 is 0 Å². The molecule has 1 fully saturated rings. The Hall–Kier alpha value is -2.19. The van der Waals surface area contributed by atoms with Gasteiger partial charge in [-0.25, -0.2) is 9.97 Å². The number of nitrogens with one attached hydrogen (secondary N) is 1. The maximum Gasteiger partial charge on any atom is 0.230 e. The van der Waals surface area contributed by atoms with Crippen LogP contribution in [0.5, 0.6) is 0 Å². The zero-order chi connectivity index (χ0) is 22.7. The Balaban J connectivity index is 1.40. The zero-order valence-electron chi connectivity index (χ0n) is 19.3. The maximum absolute atomic E-state index is 12.5. The van der Waals surface area contributed by atoms with Crippen LogP contribution in [0.15, 0.2) is 22.7 Å². The minimum Gasteiger partial charge on any atom is -0.274 e. The van der Waals surface area contributed by atoms with Crippen LogP contribution < -0.4 is 4.90 Å². The first-order chi connectivity index (χ1) is 15.4. The predicted octanol–water partition coefficient (Wildman–Crippen LogP) is 6.29. The van der Waals surface area contributed by atoms with E-state index in [1.807, 2.05) is 19.2 Å². The quantitative estimate of drug-likeness (QED) is 0.393. The number of carbonyl (C=O) groups excluding carboxylic acids is 1. The number of anilines is 2. The second-order valence-electron chi connectivity index (χ2n) is 8.77. The molecule has 1 aliphatic rings. The Morgan fingerprint density at radius 2 is 1.91 bits per heavy atom. The summed E-state index contributed by atoms with van der Waals surface area (Å²) < 4.78 is 0. The van der Waals surface area contributed by atoms with Crippen LogP contribution in [-0.2, 0) is 17.0 Å². The summed E-state index contributed by atoms with van der Waals surface area (Å²) in [5, 5.41) is 10.9. The Kier molecular flexibility index (Phi) is 7.30. The molecule has 4 rings (SSSR count). The van der Waals surface area contributed by atoms with Crippen LogP contribution in [0.2, 0.25) is 0 Å². The van der Waals surface area contributed by atoms with Crippen LogP contribution in [-0.4, -0.2) is 26.1 Å². The number of nitrogens with zero attached hydrogens (tertiary/aromatic N) is 4. The molecule has 6 nitrogen and oxygen atoms in total. The molecule has 32 heavy (non-hydrogen) atoms. The van der Waals surface area contributed by atoms with E-state index in [1.165, 1.54) is 49.0 Å². The van der Waals surface area contributed by atoms with Gasteiger partial charge in [0.25, 0.3) is 0 Å². The molecule has 2 aromatic heterocycles.